The van der Waals surface area contributed by atoms with Gasteiger partial charge < -0.3 is 5.32 Å². The lowest BCUT2D eigenvalue weighted by molar-refractivity contribution is 0.101. The molecule has 1 aliphatic rings. The Kier molecular flexibility index (Phi) is 3.03. The van der Waals surface area contributed by atoms with E-state index in [0.29, 0.717) is 16.5 Å². The topological polar surface area (TPSA) is 94.5 Å². The van der Waals surface area contributed by atoms with E-state index in [0.717, 1.165) is 29.1 Å². The molecule has 2 N–H and O–H groups in total. The Morgan fingerprint density at radius 1 is 1.50 bits per heavy atom. The van der Waals surface area contributed by atoms with Crippen LogP contribution in [0.3, 0.4) is 0 Å². The van der Waals surface area contributed by atoms with Crippen LogP contribution in [0.1, 0.15) is 51.2 Å². The summed E-state index contributed by atoms with van der Waals surface area (Å²) in [6.45, 7) is 3.80. The number of nitrogens with one attached hydrogen (secondary N) is 2. The summed E-state index contributed by atoms with van der Waals surface area (Å²) >= 11 is 1.39. The van der Waals surface area contributed by atoms with Gasteiger partial charge in [-0.15, -0.1) is 16.4 Å². The van der Waals surface area contributed by atoms with Crippen molar-refractivity contribution >= 4 is 22.2 Å². The lowest BCUT2D eigenvalue weighted by atomic mass is 10.2. The number of hydrogen-bond donors (Lipinski definition) is 2. The molecule has 20 heavy (non-hydrogen) atoms. The standard InChI is InChI=1S/C13H13N5OS/c1-6-7(2)20-13(9(6)5-14)16-12(19)11-15-10(17-18-11)8-3-4-8/h8H,3-4H2,1-2H3,(H,16,19)(H,15,17,18). The number of amides is 1. The van der Waals surface area contributed by atoms with Crippen LogP contribution in [0.25, 0.3) is 0 Å². The zero-order chi connectivity index (χ0) is 14.3. The Labute approximate surface area is 119 Å². The van der Waals surface area contributed by atoms with Gasteiger partial charge in [-0.2, -0.15) is 5.26 Å². The van der Waals surface area contributed by atoms with Gasteiger partial charge in [0.2, 0.25) is 5.82 Å². The summed E-state index contributed by atoms with van der Waals surface area (Å²) in [5.41, 5.74) is 1.42. The van der Waals surface area contributed by atoms with Gasteiger partial charge in [-0.3, -0.25) is 9.89 Å². The van der Waals surface area contributed by atoms with Gasteiger partial charge in [0.25, 0.3) is 5.91 Å². The van der Waals surface area contributed by atoms with Gasteiger partial charge in [-0.05, 0) is 32.3 Å². The Morgan fingerprint density at radius 2 is 2.25 bits per heavy atom. The Morgan fingerprint density at radius 3 is 2.90 bits per heavy atom. The summed E-state index contributed by atoms with van der Waals surface area (Å²) < 4.78 is 0. The second-order valence-corrected chi connectivity index (χ2v) is 6.10. The molecule has 2 aromatic rings. The van der Waals surface area contributed by atoms with E-state index >= 15 is 0 Å². The van der Waals surface area contributed by atoms with Crippen molar-refractivity contribution in [1.82, 2.24) is 15.2 Å². The van der Waals surface area contributed by atoms with Crippen LogP contribution in [-0.4, -0.2) is 21.1 Å². The summed E-state index contributed by atoms with van der Waals surface area (Å²) in [4.78, 5) is 17.3. The van der Waals surface area contributed by atoms with Crippen LogP contribution in [0, 0.1) is 25.2 Å². The molecule has 0 aliphatic heterocycles. The SMILES string of the molecule is Cc1sc(NC(=O)c2n[nH]c(C3CC3)n2)c(C#N)c1C. The minimum Gasteiger partial charge on any atom is -0.310 e. The third-order valence-corrected chi connectivity index (χ3v) is 4.52. The van der Waals surface area contributed by atoms with Crippen molar-refractivity contribution in [2.75, 3.05) is 5.32 Å². The number of H-pyrrole nitrogens is 1. The van der Waals surface area contributed by atoms with Gasteiger partial charge in [0.05, 0.1) is 5.56 Å². The molecule has 6 nitrogen and oxygen atoms in total. The number of anilines is 1. The number of aryl methyl sites for hydroxylation is 1. The number of nitriles is 1. The fraction of sp³-hybridized carbons (Fsp3) is 0.385. The van der Waals surface area contributed by atoms with E-state index in [1.165, 1.54) is 11.3 Å². The molecule has 0 spiro atoms. The van der Waals surface area contributed by atoms with Crippen LogP contribution >= 0.6 is 11.3 Å². The third kappa shape index (κ3) is 2.18. The molecule has 102 valence electrons. The highest BCUT2D eigenvalue weighted by Gasteiger charge is 2.28. The zero-order valence-corrected chi connectivity index (χ0v) is 12.0. The van der Waals surface area contributed by atoms with Crippen LogP contribution in [0.2, 0.25) is 0 Å². The molecular formula is C13H13N5OS. The fourth-order valence-corrected chi connectivity index (χ4v) is 2.93. The maximum absolute atomic E-state index is 12.1. The number of thiophene rings is 1. The molecule has 1 aliphatic carbocycles. The molecule has 0 aromatic carbocycles. The second-order valence-electron chi connectivity index (χ2n) is 4.87. The number of aromatic nitrogens is 3. The first-order valence-corrected chi connectivity index (χ1v) is 7.15. The predicted molar refractivity (Wildman–Crippen MR) is 74.8 cm³/mol. The predicted octanol–water partition coefficient (Wildman–Crippen LogP) is 2.48. The van der Waals surface area contributed by atoms with Crippen molar-refractivity contribution in [2.24, 2.45) is 0 Å². The Bertz CT molecular complexity index is 720. The first-order valence-electron chi connectivity index (χ1n) is 6.34. The molecule has 2 heterocycles. The summed E-state index contributed by atoms with van der Waals surface area (Å²) in [6.07, 6.45) is 2.19. The third-order valence-electron chi connectivity index (χ3n) is 3.39. The van der Waals surface area contributed by atoms with E-state index in [1.54, 1.807) is 0 Å². The van der Waals surface area contributed by atoms with Crippen LogP contribution in [0.15, 0.2) is 0 Å². The maximum atomic E-state index is 12.1. The molecule has 0 radical (unpaired) electrons. The van der Waals surface area contributed by atoms with Crippen molar-refractivity contribution in [2.45, 2.75) is 32.6 Å². The molecule has 0 bridgehead atoms. The maximum Gasteiger partial charge on any atom is 0.295 e. The Balaban J connectivity index is 1.81. The average molecular weight is 287 g/mol. The largest absolute Gasteiger partial charge is 0.310 e. The second kappa shape index (κ2) is 4.72. The van der Waals surface area contributed by atoms with E-state index in [4.69, 9.17) is 5.26 Å². The molecule has 7 heteroatoms. The molecule has 1 amide bonds. The minimum atomic E-state index is -0.383. The number of carbonyl (C=O) groups excluding carboxylic acids is 1. The lowest BCUT2D eigenvalue weighted by Gasteiger charge is -1.99. The van der Waals surface area contributed by atoms with Gasteiger partial charge in [0, 0.05) is 10.8 Å². The minimum absolute atomic E-state index is 0.125. The molecule has 0 atom stereocenters. The van der Waals surface area contributed by atoms with Gasteiger partial charge in [0.1, 0.15) is 16.9 Å². The monoisotopic (exact) mass is 287 g/mol. The Hall–Kier alpha value is -2.20. The normalized spacial score (nSPS) is 14.1. The molecular weight excluding hydrogens is 274 g/mol. The zero-order valence-electron chi connectivity index (χ0n) is 11.1. The first kappa shape index (κ1) is 12.8. The highest BCUT2D eigenvalue weighted by molar-refractivity contribution is 7.16. The van der Waals surface area contributed by atoms with E-state index in [1.807, 2.05) is 13.8 Å². The van der Waals surface area contributed by atoms with E-state index in [9.17, 15) is 4.79 Å². The average Bonchev–Trinajstić information content (AvgIpc) is 3.09. The van der Waals surface area contributed by atoms with E-state index < -0.39 is 0 Å². The van der Waals surface area contributed by atoms with Gasteiger partial charge in [-0.25, -0.2) is 4.98 Å². The van der Waals surface area contributed by atoms with Crippen molar-refractivity contribution in [3.8, 4) is 6.07 Å². The highest BCUT2D eigenvalue weighted by atomic mass is 32.1. The summed E-state index contributed by atoms with van der Waals surface area (Å²) in [5.74, 6) is 0.935. The number of carbonyl (C=O) groups is 1. The molecule has 3 rings (SSSR count). The van der Waals surface area contributed by atoms with Gasteiger partial charge in [0.15, 0.2) is 0 Å². The summed E-state index contributed by atoms with van der Waals surface area (Å²) in [6, 6.07) is 2.12. The van der Waals surface area contributed by atoms with Crippen LogP contribution < -0.4 is 5.32 Å². The van der Waals surface area contributed by atoms with Gasteiger partial charge in [-0.1, -0.05) is 0 Å². The van der Waals surface area contributed by atoms with Crippen molar-refractivity contribution in [3.63, 3.8) is 0 Å². The van der Waals surface area contributed by atoms with Crippen molar-refractivity contribution in [1.29, 1.82) is 5.26 Å². The van der Waals surface area contributed by atoms with E-state index in [-0.39, 0.29) is 11.7 Å². The van der Waals surface area contributed by atoms with Crippen LogP contribution in [0.4, 0.5) is 5.00 Å². The molecule has 0 saturated heterocycles. The fourth-order valence-electron chi connectivity index (χ4n) is 1.92. The molecule has 1 saturated carbocycles. The summed E-state index contributed by atoms with van der Waals surface area (Å²) in [5, 5.41) is 19.2. The summed E-state index contributed by atoms with van der Waals surface area (Å²) in [7, 11) is 0. The van der Waals surface area contributed by atoms with Crippen molar-refractivity contribution < 1.29 is 4.79 Å². The molecule has 1 fully saturated rings. The van der Waals surface area contributed by atoms with Crippen molar-refractivity contribution in [3.05, 3.63) is 27.7 Å². The molecule has 2 aromatic heterocycles. The van der Waals surface area contributed by atoms with Crippen LogP contribution in [-0.2, 0) is 0 Å². The number of nitrogens with zero attached hydrogens (tertiary/aromatic N) is 3. The highest BCUT2D eigenvalue weighted by Crippen LogP contribution is 2.37. The van der Waals surface area contributed by atoms with Crippen LogP contribution in [0.5, 0.6) is 0 Å². The quantitative estimate of drug-likeness (QED) is 0.906. The molecule has 0 unspecified atom stereocenters. The van der Waals surface area contributed by atoms with Gasteiger partial charge >= 0.3 is 0 Å². The number of hydrogen-bond acceptors (Lipinski definition) is 5. The van der Waals surface area contributed by atoms with E-state index in [2.05, 4.69) is 26.6 Å². The number of rotatable bonds is 3. The number of aromatic amines is 1. The lowest BCUT2D eigenvalue weighted by Crippen LogP contribution is -2.13. The first-order chi connectivity index (χ1) is 9.60. The smallest absolute Gasteiger partial charge is 0.295 e.